The summed E-state index contributed by atoms with van der Waals surface area (Å²) in [6.45, 7) is 8.10. The number of fused-ring (bicyclic) bond motifs is 7. The maximum Gasteiger partial charge on any atom is 0.143 e. The number of para-hydroxylation sites is 2. The van der Waals surface area contributed by atoms with Crippen molar-refractivity contribution < 1.29 is 4.42 Å². The van der Waals surface area contributed by atoms with E-state index in [4.69, 9.17) is 4.42 Å². The fraction of sp³-hybridized carbons (Fsp3) is 0. The van der Waals surface area contributed by atoms with Crippen molar-refractivity contribution in [1.29, 1.82) is 0 Å². The van der Waals surface area contributed by atoms with E-state index in [1.165, 1.54) is 38.1 Å². The molecule has 10 aromatic carbocycles. The molecule has 0 bridgehead atoms. The summed E-state index contributed by atoms with van der Waals surface area (Å²) in [5.74, 6) is 0. The molecule has 0 saturated heterocycles. The van der Waals surface area contributed by atoms with Crippen molar-refractivity contribution in [2.24, 2.45) is 0 Å². The second-order valence-corrected chi connectivity index (χ2v) is 15.4. The predicted octanol–water partition coefficient (Wildman–Crippen LogP) is 16.8. The van der Waals surface area contributed by atoms with Crippen LogP contribution in [0.2, 0.25) is 0 Å². The molecule has 0 aliphatic heterocycles. The molecule has 0 saturated carbocycles. The van der Waals surface area contributed by atoms with Crippen LogP contribution in [0.3, 0.4) is 0 Å². The summed E-state index contributed by atoms with van der Waals surface area (Å²) < 4.78 is 6.80. The highest BCUT2D eigenvalue weighted by molar-refractivity contribution is 6.14. The summed E-state index contributed by atoms with van der Waals surface area (Å²) in [6.07, 6.45) is 3.78. The van der Waals surface area contributed by atoms with E-state index in [0.717, 1.165) is 77.8 Å². The molecule has 0 aliphatic carbocycles. The summed E-state index contributed by atoms with van der Waals surface area (Å²) in [6, 6.07) is 72.1. The minimum absolute atomic E-state index is 0.877. The van der Waals surface area contributed by atoms with Crippen LogP contribution in [0.1, 0.15) is 11.1 Å². The van der Waals surface area contributed by atoms with Gasteiger partial charge in [-0.25, -0.2) is 0 Å². The third kappa shape index (κ3) is 5.89. The smallest absolute Gasteiger partial charge is 0.143 e. The number of hydrogen-bond acceptors (Lipinski definition) is 2. The molecule has 1 aromatic heterocycles. The number of hydrogen-bond donors (Lipinski definition) is 0. The van der Waals surface area contributed by atoms with Gasteiger partial charge in [0.05, 0.1) is 5.69 Å². The first-order valence-corrected chi connectivity index (χ1v) is 20.4. The van der Waals surface area contributed by atoms with Crippen molar-refractivity contribution in [3.05, 3.63) is 224 Å². The average Bonchev–Trinajstić information content (AvgIpc) is 3.68. The van der Waals surface area contributed by atoms with E-state index in [2.05, 4.69) is 218 Å². The first kappa shape index (κ1) is 35.2. The first-order valence-electron chi connectivity index (χ1n) is 20.4. The van der Waals surface area contributed by atoms with Gasteiger partial charge in [0.2, 0.25) is 0 Å². The molecule has 0 fully saturated rings. The third-order valence-electron chi connectivity index (χ3n) is 12.0. The quantitative estimate of drug-likeness (QED) is 0.143. The third-order valence-corrected chi connectivity index (χ3v) is 12.0. The lowest BCUT2D eigenvalue weighted by atomic mass is 9.94. The Labute approximate surface area is 349 Å². The minimum atomic E-state index is 0.877. The largest absolute Gasteiger partial charge is 0.455 e. The van der Waals surface area contributed by atoms with Crippen molar-refractivity contribution >= 4 is 83.5 Å². The van der Waals surface area contributed by atoms with Crippen molar-refractivity contribution in [2.75, 3.05) is 4.90 Å². The van der Waals surface area contributed by atoms with Gasteiger partial charge in [0.1, 0.15) is 11.2 Å². The van der Waals surface area contributed by atoms with Crippen molar-refractivity contribution in [3.63, 3.8) is 0 Å². The summed E-state index contributed by atoms with van der Waals surface area (Å²) in [5, 5.41) is 9.60. The number of furan rings is 1. The Hall–Kier alpha value is -7.94. The van der Waals surface area contributed by atoms with Crippen LogP contribution in [-0.4, -0.2) is 0 Å². The normalized spacial score (nSPS) is 11.5. The lowest BCUT2D eigenvalue weighted by Crippen LogP contribution is -2.11. The maximum atomic E-state index is 6.80. The second-order valence-electron chi connectivity index (χ2n) is 15.4. The van der Waals surface area contributed by atoms with E-state index in [1.807, 2.05) is 12.2 Å². The number of benzene rings is 10. The van der Waals surface area contributed by atoms with Gasteiger partial charge in [-0.3, -0.25) is 0 Å². The monoisotopic (exact) mass is 765 g/mol. The van der Waals surface area contributed by atoms with Gasteiger partial charge >= 0.3 is 0 Å². The van der Waals surface area contributed by atoms with Crippen LogP contribution >= 0.6 is 0 Å². The van der Waals surface area contributed by atoms with Crippen LogP contribution < -0.4 is 4.90 Å². The van der Waals surface area contributed by atoms with Crippen molar-refractivity contribution in [1.82, 2.24) is 0 Å². The molecule has 2 heteroatoms. The first-order chi connectivity index (χ1) is 29.6. The van der Waals surface area contributed by atoms with E-state index in [9.17, 15) is 0 Å². The van der Waals surface area contributed by atoms with Gasteiger partial charge in [-0.05, 0) is 114 Å². The predicted molar refractivity (Wildman–Crippen MR) is 257 cm³/mol. The highest BCUT2D eigenvalue weighted by atomic mass is 16.3. The van der Waals surface area contributed by atoms with Gasteiger partial charge in [-0.15, -0.1) is 0 Å². The number of anilines is 3. The Kier molecular flexibility index (Phi) is 8.49. The zero-order valence-corrected chi connectivity index (χ0v) is 33.0. The molecule has 0 atom stereocenters. The molecule has 0 spiro atoms. The molecular formula is C58H39NO. The zero-order chi connectivity index (χ0) is 40.2. The molecule has 0 radical (unpaired) electrons. The van der Waals surface area contributed by atoms with Gasteiger partial charge in [-0.2, -0.15) is 0 Å². The molecule has 0 N–H and O–H groups in total. The van der Waals surface area contributed by atoms with Gasteiger partial charge in [0, 0.05) is 33.3 Å². The average molecular weight is 766 g/mol. The standard InChI is InChI=1S/C58H39NO/c1-3-38-26-27-45(34-39(38)4-2)42-17-11-18-47(35-42)59(46-31-28-41(29-32-46)49-21-12-22-50-48-19-8-7-14-40(48)30-33-51(49)50)56-25-10-9-20-52(56)53-23-13-24-54-55-36-43-15-5-6-16-44(43)37-57(55)60-58(53)54/h3-37H,1-2H2. The lowest BCUT2D eigenvalue weighted by Gasteiger charge is -2.28. The van der Waals surface area contributed by atoms with Gasteiger partial charge in [0.25, 0.3) is 0 Å². The zero-order valence-electron chi connectivity index (χ0n) is 33.0. The van der Waals surface area contributed by atoms with Gasteiger partial charge < -0.3 is 9.32 Å². The van der Waals surface area contributed by atoms with Crippen LogP contribution in [0.25, 0.3) is 99.8 Å². The van der Waals surface area contributed by atoms with Gasteiger partial charge in [-0.1, -0.05) is 177 Å². The Morgan fingerprint density at radius 1 is 0.367 bits per heavy atom. The number of rotatable bonds is 8. The second kappa shape index (κ2) is 14.5. The van der Waals surface area contributed by atoms with E-state index in [1.54, 1.807) is 0 Å². The molecule has 11 rings (SSSR count). The van der Waals surface area contributed by atoms with E-state index in [-0.39, 0.29) is 0 Å². The summed E-state index contributed by atoms with van der Waals surface area (Å²) in [4.78, 5) is 2.38. The Morgan fingerprint density at radius 2 is 1.02 bits per heavy atom. The topological polar surface area (TPSA) is 16.4 Å². The molecule has 0 unspecified atom stereocenters. The van der Waals surface area contributed by atoms with E-state index < -0.39 is 0 Å². The molecule has 0 aliphatic rings. The molecule has 11 aromatic rings. The van der Waals surface area contributed by atoms with E-state index >= 15 is 0 Å². The summed E-state index contributed by atoms with van der Waals surface area (Å²) in [5.41, 5.74) is 13.7. The molecule has 1 heterocycles. The summed E-state index contributed by atoms with van der Waals surface area (Å²) in [7, 11) is 0. The van der Waals surface area contributed by atoms with Crippen molar-refractivity contribution in [3.8, 4) is 33.4 Å². The lowest BCUT2D eigenvalue weighted by molar-refractivity contribution is 0.670. The maximum absolute atomic E-state index is 6.80. The Bertz CT molecular complexity index is 3480. The van der Waals surface area contributed by atoms with Crippen LogP contribution in [0.4, 0.5) is 17.1 Å². The molecule has 282 valence electrons. The Morgan fingerprint density at radius 3 is 1.85 bits per heavy atom. The van der Waals surface area contributed by atoms with Gasteiger partial charge in [0.15, 0.2) is 0 Å². The Balaban J connectivity index is 1.09. The van der Waals surface area contributed by atoms with Crippen molar-refractivity contribution in [2.45, 2.75) is 0 Å². The van der Waals surface area contributed by atoms with Crippen LogP contribution in [0.5, 0.6) is 0 Å². The highest BCUT2D eigenvalue weighted by Gasteiger charge is 2.21. The SMILES string of the molecule is C=Cc1ccc(-c2cccc(N(c3ccc(-c4cccc5c4ccc4ccccc45)cc3)c3ccccc3-c3cccc4c3oc3cc5ccccc5cc34)c2)cc1C=C. The fourth-order valence-corrected chi connectivity index (χ4v) is 9.04. The highest BCUT2D eigenvalue weighted by Crippen LogP contribution is 2.46. The minimum Gasteiger partial charge on any atom is -0.455 e. The number of nitrogens with zero attached hydrogens (tertiary/aromatic N) is 1. The summed E-state index contributed by atoms with van der Waals surface area (Å²) >= 11 is 0. The molecule has 2 nitrogen and oxygen atoms in total. The van der Waals surface area contributed by atoms with Crippen LogP contribution in [0.15, 0.2) is 218 Å². The van der Waals surface area contributed by atoms with Crippen LogP contribution in [-0.2, 0) is 0 Å². The molecular weight excluding hydrogens is 727 g/mol. The molecule has 0 amide bonds. The van der Waals surface area contributed by atoms with E-state index in [0.29, 0.717) is 0 Å². The van der Waals surface area contributed by atoms with Crippen LogP contribution in [0, 0.1) is 0 Å². The fourth-order valence-electron chi connectivity index (χ4n) is 9.04. The molecule has 60 heavy (non-hydrogen) atoms.